The molecule has 10 nitrogen and oxygen atoms in total. The van der Waals surface area contributed by atoms with Crippen LogP contribution in [-0.4, -0.2) is 65.7 Å². The zero-order valence-electron chi connectivity index (χ0n) is 23.7. The van der Waals surface area contributed by atoms with Crippen molar-refractivity contribution in [3.05, 3.63) is 28.8 Å². The Bertz CT molecular complexity index is 1130. The summed E-state index contributed by atoms with van der Waals surface area (Å²) < 4.78 is 11.9. The molecule has 0 spiro atoms. The molecule has 1 saturated carbocycles. The van der Waals surface area contributed by atoms with Crippen LogP contribution in [0, 0.1) is 17.8 Å². The van der Waals surface area contributed by atoms with Crippen molar-refractivity contribution in [2.24, 2.45) is 17.8 Å². The molecule has 1 aromatic carbocycles. The van der Waals surface area contributed by atoms with Crippen molar-refractivity contribution >= 4 is 41.0 Å². The van der Waals surface area contributed by atoms with Crippen molar-refractivity contribution in [1.82, 2.24) is 15.5 Å². The number of nitrogens with two attached hydrogens (primary N) is 1. The molecule has 220 valence electrons. The number of hydrogen-bond donors (Lipinski definition) is 3. The lowest BCUT2D eigenvalue weighted by atomic mass is 9.75. The predicted molar refractivity (Wildman–Crippen MR) is 150 cm³/mol. The highest BCUT2D eigenvalue weighted by Crippen LogP contribution is 2.37. The maximum absolute atomic E-state index is 13.4. The van der Waals surface area contributed by atoms with E-state index in [-0.39, 0.29) is 34.9 Å². The molecular weight excluding hydrogens is 536 g/mol. The summed E-state index contributed by atoms with van der Waals surface area (Å²) in [5.41, 5.74) is 6.34. The number of nitrogens with one attached hydrogen (secondary N) is 2. The van der Waals surface area contributed by atoms with Crippen LogP contribution in [0.15, 0.2) is 18.2 Å². The summed E-state index contributed by atoms with van der Waals surface area (Å²) in [6.45, 7) is 8.53. The van der Waals surface area contributed by atoms with E-state index >= 15 is 0 Å². The lowest BCUT2D eigenvalue weighted by molar-refractivity contribution is -0.191. The minimum absolute atomic E-state index is 0.0162. The van der Waals surface area contributed by atoms with Gasteiger partial charge < -0.3 is 30.7 Å². The highest BCUT2D eigenvalue weighted by molar-refractivity contribution is 6.33. The molecule has 2 saturated heterocycles. The van der Waals surface area contributed by atoms with Gasteiger partial charge in [0.25, 0.3) is 5.91 Å². The zero-order valence-corrected chi connectivity index (χ0v) is 24.4. The van der Waals surface area contributed by atoms with Gasteiger partial charge in [0.05, 0.1) is 23.2 Å². The Balaban J connectivity index is 1.37. The minimum atomic E-state index is -0.869. The molecule has 0 radical (unpaired) electrons. The van der Waals surface area contributed by atoms with Crippen LogP contribution in [0.2, 0.25) is 5.02 Å². The van der Waals surface area contributed by atoms with Gasteiger partial charge in [-0.05, 0) is 68.6 Å². The largest absolute Gasteiger partial charge is 0.433 e. The van der Waals surface area contributed by atoms with Crippen molar-refractivity contribution in [3.8, 4) is 0 Å². The molecule has 3 aliphatic rings. The monoisotopic (exact) mass is 576 g/mol. The van der Waals surface area contributed by atoms with E-state index in [0.29, 0.717) is 42.8 Å². The molecule has 1 aromatic rings. The number of ether oxygens (including phenoxy) is 2. The van der Waals surface area contributed by atoms with Crippen molar-refractivity contribution in [3.63, 3.8) is 0 Å². The fourth-order valence-corrected chi connectivity index (χ4v) is 6.24. The second-order valence-electron chi connectivity index (χ2n) is 11.8. The minimum Gasteiger partial charge on any atom is -0.433 e. The number of anilines is 1. The number of esters is 1. The first-order valence-corrected chi connectivity index (χ1v) is 14.6. The van der Waals surface area contributed by atoms with Crippen molar-refractivity contribution < 1.29 is 28.7 Å². The molecule has 4 rings (SSSR count). The van der Waals surface area contributed by atoms with Gasteiger partial charge >= 0.3 is 5.97 Å². The third kappa shape index (κ3) is 6.89. The van der Waals surface area contributed by atoms with Crippen molar-refractivity contribution in [2.75, 3.05) is 12.3 Å². The maximum atomic E-state index is 13.4. The molecule has 40 heavy (non-hydrogen) atoms. The quantitative estimate of drug-likeness (QED) is 0.319. The van der Waals surface area contributed by atoms with Gasteiger partial charge in [0.15, 0.2) is 0 Å². The van der Waals surface area contributed by atoms with Gasteiger partial charge in [-0.15, -0.1) is 0 Å². The van der Waals surface area contributed by atoms with Crippen LogP contribution in [0.1, 0.15) is 76.6 Å². The summed E-state index contributed by atoms with van der Waals surface area (Å²) in [6.07, 6.45) is 3.32. The molecule has 0 bridgehead atoms. The Morgan fingerprint density at radius 2 is 1.93 bits per heavy atom. The van der Waals surface area contributed by atoms with E-state index in [1.165, 1.54) is 23.1 Å². The van der Waals surface area contributed by atoms with Crippen LogP contribution in [0.4, 0.5) is 5.69 Å². The molecule has 0 aromatic heterocycles. The first-order valence-electron chi connectivity index (χ1n) is 14.3. The fourth-order valence-electron chi connectivity index (χ4n) is 6.06. The molecular formula is C29H41ClN4O6. The number of likely N-dealkylation sites (tertiary alicyclic amines) is 1. The normalized spacial score (nSPS) is 29.2. The molecule has 2 heterocycles. The predicted octanol–water partition coefficient (Wildman–Crippen LogP) is 3.27. The van der Waals surface area contributed by atoms with E-state index in [1.54, 1.807) is 6.92 Å². The van der Waals surface area contributed by atoms with Gasteiger partial charge in [0.1, 0.15) is 18.1 Å². The summed E-state index contributed by atoms with van der Waals surface area (Å²) in [6, 6.07) is 2.28. The number of carbonyl (C=O) groups excluding carboxylic acids is 4. The summed E-state index contributed by atoms with van der Waals surface area (Å²) >= 11 is 6.02. The van der Waals surface area contributed by atoms with E-state index in [2.05, 4.69) is 31.4 Å². The molecule has 1 aliphatic carbocycles. The molecule has 3 amide bonds. The third-order valence-electron chi connectivity index (χ3n) is 8.38. The van der Waals surface area contributed by atoms with Gasteiger partial charge in [-0.25, -0.2) is 0 Å². The molecule has 2 aliphatic heterocycles. The van der Waals surface area contributed by atoms with E-state index in [0.717, 1.165) is 19.3 Å². The Labute approximate surface area is 240 Å². The Morgan fingerprint density at radius 1 is 1.18 bits per heavy atom. The summed E-state index contributed by atoms with van der Waals surface area (Å²) in [5.74, 6) is -0.308. The first-order chi connectivity index (χ1) is 18.9. The number of rotatable bonds is 8. The highest BCUT2D eigenvalue weighted by Gasteiger charge is 2.44. The third-order valence-corrected chi connectivity index (χ3v) is 8.71. The van der Waals surface area contributed by atoms with Crippen LogP contribution >= 0.6 is 11.6 Å². The topological polar surface area (TPSA) is 140 Å². The number of benzene rings is 1. The van der Waals surface area contributed by atoms with E-state index in [4.69, 9.17) is 26.8 Å². The van der Waals surface area contributed by atoms with Crippen molar-refractivity contribution in [2.45, 2.75) is 96.7 Å². The zero-order chi connectivity index (χ0) is 29.1. The Kier molecular flexibility index (Phi) is 9.61. The molecule has 11 heteroatoms. The van der Waals surface area contributed by atoms with Crippen LogP contribution in [0.5, 0.6) is 0 Å². The summed E-state index contributed by atoms with van der Waals surface area (Å²) in [4.78, 5) is 53.1. The Hall–Kier alpha value is -2.85. The number of cyclic esters (lactones) is 1. The van der Waals surface area contributed by atoms with Crippen LogP contribution in [0.3, 0.4) is 0 Å². The van der Waals surface area contributed by atoms with Gasteiger partial charge in [-0.1, -0.05) is 38.8 Å². The molecule has 2 unspecified atom stereocenters. The SMILES string of the molecule is CC(C)[C@@H]1CC[C@@H](C)C[C@H]1OC1OC(=O)CC1NC(=O)[C@@H]1CCCN1C(=O)[C@H](C)NC(=O)c1ccc(N)c(Cl)c1. The molecule has 3 fully saturated rings. The summed E-state index contributed by atoms with van der Waals surface area (Å²) in [7, 11) is 0. The number of nitrogens with zero attached hydrogens (tertiary/aromatic N) is 1. The highest BCUT2D eigenvalue weighted by atomic mass is 35.5. The van der Waals surface area contributed by atoms with E-state index in [1.807, 2.05) is 0 Å². The van der Waals surface area contributed by atoms with E-state index in [9.17, 15) is 19.2 Å². The van der Waals surface area contributed by atoms with Gasteiger partial charge in [-0.2, -0.15) is 0 Å². The first kappa shape index (κ1) is 30.1. The lowest BCUT2D eigenvalue weighted by Gasteiger charge is -2.39. The second-order valence-corrected chi connectivity index (χ2v) is 12.2. The standard InChI is InChI=1S/C29H41ClN4O6/c1-15(2)19-9-7-16(3)12-24(19)39-29-22(14-25(35)40-29)33-27(37)23-6-5-11-34(23)28(38)17(4)32-26(36)18-8-10-21(31)20(30)13-18/h8,10,13,15-17,19,22-24,29H,5-7,9,11-12,14,31H2,1-4H3,(H,32,36)(H,33,37)/t16-,17+,19+,22?,23+,24-,29?/m1/s1. The molecule has 4 N–H and O–H groups in total. The fraction of sp³-hybridized carbons (Fsp3) is 0.655. The smallest absolute Gasteiger partial charge is 0.310 e. The number of nitrogen functional groups attached to an aromatic ring is 1. The van der Waals surface area contributed by atoms with E-state index < -0.39 is 36.3 Å². The second kappa shape index (κ2) is 12.8. The van der Waals surface area contributed by atoms with Crippen LogP contribution in [-0.2, 0) is 23.9 Å². The summed E-state index contributed by atoms with van der Waals surface area (Å²) in [5, 5.41) is 5.86. The maximum Gasteiger partial charge on any atom is 0.310 e. The van der Waals surface area contributed by atoms with Crippen LogP contribution < -0.4 is 16.4 Å². The van der Waals surface area contributed by atoms with Gasteiger partial charge in [-0.3, -0.25) is 19.2 Å². The lowest BCUT2D eigenvalue weighted by Crippen LogP contribution is -2.55. The number of hydrogen-bond acceptors (Lipinski definition) is 7. The Morgan fingerprint density at radius 3 is 2.62 bits per heavy atom. The van der Waals surface area contributed by atoms with Gasteiger partial charge in [0, 0.05) is 12.1 Å². The number of amides is 3. The van der Waals surface area contributed by atoms with Gasteiger partial charge in [0.2, 0.25) is 18.1 Å². The van der Waals surface area contributed by atoms with Crippen molar-refractivity contribution in [1.29, 1.82) is 0 Å². The number of halogens is 1. The average molecular weight is 577 g/mol. The van der Waals surface area contributed by atoms with Crippen LogP contribution in [0.25, 0.3) is 0 Å². The molecule has 7 atom stereocenters. The average Bonchev–Trinajstić information content (AvgIpc) is 3.51. The number of carbonyl (C=O) groups is 4.